The topological polar surface area (TPSA) is 71.5 Å². The number of halogens is 6. The summed E-state index contributed by atoms with van der Waals surface area (Å²) < 4.78 is 108. The van der Waals surface area contributed by atoms with Gasteiger partial charge in [-0.15, -0.1) is 0 Å². The van der Waals surface area contributed by atoms with Gasteiger partial charge in [0, 0.05) is 55.2 Å². The lowest BCUT2D eigenvalue weighted by atomic mass is 9.89. The van der Waals surface area contributed by atoms with Crippen LogP contribution in [0.3, 0.4) is 0 Å². The van der Waals surface area contributed by atoms with Gasteiger partial charge in [0.05, 0.1) is 61.5 Å². The molecule has 0 radical (unpaired) electrons. The van der Waals surface area contributed by atoms with E-state index in [0.717, 1.165) is 35.6 Å². The van der Waals surface area contributed by atoms with Gasteiger partial charge in [-0.05, 0) is 97.1 Å². The maximum absolute atomic E-state index is 15.2. The molecule has 0 saturated carbocycles. The van der Waals surface area contributed by atoms with Crippen LogP contribution in [0, 0.1) is 11.3 Å². The number of anilines is 6. The minimum absolute atomic E-state index is 0.00492. The van der Waals surface area contributed by atoms with Crippen LogP contribution in [-0.4, -0.2) is 14.1 Å². The van der Waals surface area contributed by atoms with Crippen molar-refractivity contribution in [3.63, 3.8) is 0 Å². The lowest BCUT2D eigenvalue weighted by molar-refractivity contribution is -0.138. The third-order valence-corrected chi connectivity index (χ3v) is 15.4. The number of hydrogen-bond acceptors (Lipinski definition) is 6. The van der Waals surface area contributed by atoms with Crippen LogP contribution in [0.5, 0.6) is 23.0 Å². The molecule has 15 rings (SSSR count). The first-order valence-electron chi connectivity index (χ1n) is 26.1. The van der Waals surface area contributed by atoms with E-state index in [9.17, 15) is 5.26 Å². The Labute approximate surface area is 463 Å². The van der Waals surface area contributed by atoms with Crippen LogP contribution in [0.25, 0.3) is 77.5 Å². The summed E-state index contributed by atoms with van der Waals surface area (Å²) in [6.07, 6.45) is -9.57. The molecule has 8 nitrogen and oxygen atoms in total. The summed E-state index contributed by atoms with van der Waals surface area (Å²) >= 11 is 0. The Kier molecular flexibility index (Phi) is 10.7. The number of ether oxygens (including phenoxy) is 2. The molecule has 0 spiro atoms. The van der Waals surface area contributed by atoms with E-state index in [4.69, 9.17) is 14.5 Å². The number of rotatable bonds is 6. The molecule has 0 unspecified atom stereocenters. The van der Waals surface area contributed by atoms with Gasteiger partial charge in [0.15, 0.2) is 23.0 Å². The van der Waals surface area contributed by atoms with Gasteiger partial charge in [-0.2, -0.15) is 31.6 Å². The molecule has 2 aliphatic rings. The molecule has 0 aliphatic carbocycles. The summed E-state index contributed by atoms with van der Waals surface area (Å²) in [4.78, 5) is 9.82. The van der Waals surface area contributed by atoms with Gasteiger partial charge in [0.2, 0.25) is 0 Å². The summed E-state index contributed by atoms with van der Waals surface area (Å²) in [5, 5.41) is 14.7. The van der Waals surface area contributed by atoms with Gasteiger partial charge in [-0.25, -0.2) is 4.98 Å². The van der Waals surface area contributed by atoms with E-state index < -0.39 is 23.5 Å². The van der Waals surface area contributed by atoms with Gasteiger partial charge in [0.1, 0.15) is 17.7 Å². The van der Waals surface area contributed by atoms with Crippen LogP contribution < -0.4 is 19.3 Å². The predicted octanol–water partition coefficient (Wildman–Crippen LogP) is 19.7. The molecule has 2 aliphatic heterocycles. The number of benzene rings is 10. The highest BCUT2D eigenvalue weighted by molar-refractivity contribution is 6.13. The average molecular weight is 1090 g/mol. The Bertz CT molecular complexity index is 4540. The Morgan fingerprint density at radius 2 is 0.756 bits per heavy atom. The molecule has 0 bridgehead atoms. The first-order chi connectivity index (χ1) is 39.9. The quantitative estimate of drug-likeness (QED) is 0.155. The Morgan fingerprint density at radius 1 is 0.378 bits per heavy atom. The van der Waals surface area contributed by atoms with E-state index in [1.807, 2.05) is 155 Å². The van der Waals surface area contributed by atoms with E-state index in [1.54, 1.807) is 57.7 Å². The molecule has 0 N–H and O–H groups in total. The van der Waals surface area contributed by atoms with Crippen LogP contribution in [0.2, 0.25) is 0 Å². The molecule has 3 aromatic heterocycles. The van der Waals surface area contributed by atoms with E-state index in [-0.39, 0.29) is 39.4 Å². The molecule has 82 heavy (non-hydrogen) atoms. The molecule has 10 aromatic carbocycles. The number of fused-ring (bicyclic) bond motifs is 10. The smallest absolute Gasteiger partial charge is 0.416 e. The van der Waals surface area contributed by atoms with Crippen molar-refractivity contribution in [1.82, 2.24) is 14.1 Å². The van der Waals surface area contributed by atoms with Crippen molar-refractivity contribution in [3.8, 4) is 63.0 Å². The number of hydrogen-bond donors (Lipinski definition) is 0. The summed E-state index contributed by atoms with van der Waals surface area (Å²) in [6.45, 7) is 0. The number of nitriles is 1. The van der Waals surface area contributed by atoms with Crippen molar-refractivity contribution in [2.45, 2.75) is 12.4 Å². The molecule has 394 valence electrons. The van der Waals surface area contributed by atoms with E-state index in [0.29, 0.717) is 89.5 Å². The third-order valence-electron chi connectivity index (χ3n) is 15.4. The summed E-state index contributed by atoms with van der Waals surface area (Å²) in [6, 6.07) is 69.1. The van der Waals surface area contributed by atoms with Crippen molar-refractivity contribution < 1.29 is 35.8 Å². The third kappa shape index (κ3) is 7.36. The molecule has 5 heterocycles. The second-order valence-electron chi connectivity index (χ2n) is 19.9. The minimum Gasteiger partial charge on any atom is -0.453 e. The predicted molar refractivity (Wildman–Crippen MR) is 308 cm³/mol. The SMILES string of the molecule is N#Cc1c(-c2cccc3c2N(c2ccccc2)c2ccccc2O3)c(-n2c3ccccc3c3ccc(C(F)(F)F)cc32)nc(-n2c3ccccc3c3ccc(C(F)(F)F)cc32)c1-c1cccc2c1N(c1ccccc1)c1ccccc1O2. The average Bonchev–Trinajstić information content (AvgIpc) is 2.09. The zero-order valence-electron chi connectivity index (χ0n) is 42.7. The van der Waals surface area contributed by atoms with Crippen LogP contribution >= 0.6 is 0 Å². The fraction of sp³-hybridized carbons (Fsp3) is 0.0294. The summed E-state index contributed by atoms with van der Waals surface area (Å²) in [5.74, 6) is 1.86. The first kappa shape index (κ1) is 48.4. The highest BCUT2D eigenvalue weighted by Crippen LogP contribution is 2.59. The zero-order valence-corrected chi connectivity index (χ0v) is 42.7. The van der Waals surface area contributed by atoms with Crippen LogP contribution in [0.15, 0.2) is 231 Å². The largest absolute Gasteiger partial charge is 0.453 e. The van der Waals surface area contributed by atoms with Crippen molar-refractivity contribution in [3.05, 3.63) is 247 Å². The maximum atomic E-state index is 15.2. The number of para-hydroxylation sites is 10. The number of pyridine rings is 1. The van der Waals surface area contributed by atoms with Gasteiger partial charge >= 0.3 is 12.4 Å². The van der Waals surface area contributed by atoms with Gasteiger partial charge < -0.3 is 19.3 Å². The van der Waals surface area contributed by atoms with Crippen molar-refractivity contribution in [1.29, 1.82) is 5.26 Å². The summed E-state index contributed by atoms with van der Waals surface area (Å²) in [7, 11) is 0. The molecule has 0 fully saturated rings. The first-order valence-corrected chi connectivity index (χ1v) is 26.1. The Hall–Kier alpha value is -10.8. The zero-order chi connectivity index (χ0) is 55.6. The standard InChI is InChI=1S/C68H38F6N6O2/c69-67(70,71)40-33-35-46-44-21-7-9-25-51(44)79(55(46)37-40)65-61(48-23-15-31-59-63(48)77(42-17-3-1-4-18-42)53-27-11-13-29-57(53)81-59)50(39-75)62(66(76-65)80-52-26-10-8-22-45(52)47-36-34-41(38-56(47)80)68(72,73)74)49-24-16-32-60-64(49)78(43-19-5-2-6-20-43)54-28-12-14-30-58(54)82-60/h1-38H. The van der Waals surface area contributed by atoms with Crippen molar-refractivity contribution >= 4 is 77.7 Å². The monoisotopic (exact) mass is 1080 g/mol. The maximum Gasteiger partial charge on any atom is 0.416 e. The highest BCUT2D eigenvalue weighted by atomic mass is 19.4. The second kappa shape index (κ2) is 18.1. The lowest BCUT2D eigenvalue weighted by Gasteiger charge is -2.36. The minimum atomic E-state index is -4.78. The van der Waals surface area contributed by atoms with Crippen LogP contribution in [0.1, 0.15) is 16.7 Å². The van der Waals surface area contributed by atoms with Crippen LogP contribution in [0.4, 0.5) is 60.5 Å². The molecule has 0 amide bonds. The van der Waals surface area contributed by atoms with Crippen LogP contribution in [-0.2, 0) is 12.4 Å². The van der Waals surface area contributed by atoms with Gasteiger partial charge in [-0.1, -0.05) is 133 Å². The number of alkyl halides is 6. The second-order valence-corrected chi connectivity index (χ2v) is 19.9. The molecular weight excluding hydrogens is 1050 g/mol. The number of aromatic nitrogens is 3. The molecule has 14 heteroatoms. The Morgan fingerprint density at radius 3 is 1.18 bits per heavy atom. The molecular formula is C68H38F6N6O2. The lowest BCUT2D eigenvalue weighted by Crippen LogP contribution is -2.19. The van der Waals surface area contributed by atoms with Crippen molar-refractivity contribution in [2.24, 2.45) is 0 Å². The normalized spacial score (nSPS) is 12.9. The molecule has 0 saturated heterocycles. The van der Waals surface area contributed by atoms with Crippen molar-refractivity contribution in [2.75, 3.05) is 9.80 Å². The van der Waals surface area contributed by atoms with E-state index in [1.165, 1.54) is 12.1 Å². The fourth-order valence-electron chi connectivity index (χ4n) is 12.0. The summed E-state index contributed by atoms with van der Waals surface area (Å²) in [5.41, 5.74) is 4.09. The highest BCUT2D eigenvalue weighted by Gasteiger charge is 2.39. The van der Waals surface area contributed by atoms with Gasteiger partial charge in [-0.3, -0.25) is 9.13 Å². The van der Waals surface area contributed by atoms with Gasteiger partial charge in [0.25, 0.3) is 0 Å². The number of nitrogens with zero attached hydrogens (tertiary/aromatic N) is 6. The molecule has 13 aromatic rings. The molecule has 0 atom stereocenters. The van der Waals surface area contributed by atoms with E-state index in [2.05, 4.69) is 6.07 Å². The fourth-order valence-corrected chi connectivity index (χ4v) is 12.0. The Balaban J connectivity index is 1.18. The van der Waals surface area contributed by atoms with E-state index >= 15 is 26.3 Å².